The number of rotatable bonds is 2. The number of halogens is 1. The lowest BCUT2D eigenvalue weighted by Crippen LogP contribution is -2.36. The maximum absolute atomic E-state index is 12.6. The van der Waals surface area contributed by atoms with Crippen LogP contribution in [0.4, 0.5) is 0 Å². The molecule has 0 saturated heterocycles. The zero-order valence-corrected chi connectivity index (χ0v) is 12.8. The molecule has 5 nitrogen and oxygen atoms in total. The number of hydrogen-bond donors (Lipinski definition) is 1. The van der Waals surface area contributed by atoms with Gasteiger partial charge in [-0.15, -0.1) is 0 Å². The van der Waals surface area contributed by atoms with Gasteiger partial charge in [-0.1, -0.05) is 11.6 Å². The van der Waals surface area contributed by atoms with Crippen molar-refractivity contribution in [1.29, 1.82) is 0 Å². The molecule has 0 unspecified atom stereocenters. The van der Waals surface area contributed by atoms with Crippen LogP contribution in [-0.2, 0) is 13.0 Å². The zero-order valence-electron chi connectivity index (χ0n) is 12.1. The average molecular weight is 319 g/mol. The Bertz CT molecular complexity index is 785. The summed E-state index contributed by atoms with van der Waals surface area (Å²) in [6, 6.07) is 6.60. The zero-order chi connectivity index (χ0) is 15.7. The molecule has 0 aliphatic carbocycles. The molecule has 0 radical (unpaired) electrons. The van der Waals surface area contributed by atoms with Crippen LogP contribution in [0.25, 0.3) is 0 Å². The van der Waals surface area contributed by atoms with Crippen molar-refractivity contribution in [3.8, 4) is 5.75 Å². The van der Waals surface area contributed by atoms with E-state index in [2.05, 4.69) is 4.98 Å². The van der Waals surface area contributed by atoms with E-state index in [1.807, 2.05) is 0 Å². The van der Waals surface area contributed by atoms with Gasteiger partial charge in [0.25, 0.3) is 5.91 Å². The number of H-pyrrole nitrogens is 1. The van der Waals surface area contributed by atoms with Gasteiger partial charge in [-0.2, -0.15) is 0 Å². The topological polar surface area (TPSA) is 62.4 Å². The molecule has 0 bridgehead atoms. The van der Waals surface area contributed by atoms with Crippen LogP contribution in [-0.4, -0.2) is 29.4 Å². The highest BCUT2D eigenvalue weighted by molar-refractivity contribution is 6.32. The molecule has 2 aromatic rings. The lowest BCUT2D eigenvalue weighted by atomic mass is 10.0. The molecule has 0 saturated carbocycles. The number of hydrogen-bond acceptors (Lipinski definition) is 3. The third-order valence-electron chi connectivity index (χ3n) is 3.80. The van der Waals surface area contributed by atoms with Crippen LogP contribution in [0.15, 0.2) is 35.3 Å². The predicted octanol–water partition coefficient (Wildman–Crippen LogP) is 2.24. The van der Waals surface area contributed by atoms with E-state index in [9.17, 15) is 9.59 Å². The monoisotopic (exact) mass is 318 g/mol. The second kappa shape index (κ2) is 5.85. The Labute approximate surface area is 132 Å². The molecular weight excluding hydrogens is 304 g/mol. The van der Waals surface area contributed by atoms with Gasteiger partial charge in [0.15, 0.2) is 0 Å². The molecule has 1 aromatic heterocycles. The van der Waals surface area contributed by atoms with Crippen molar-refractivity contribution in [2.24, 2.45) is 0 Å². The molecule has 0 spiro atoms. The maximum atomic E-state index is 12.6. The fourth-order valence-electron chi connectivity index (χ4n) is 2.62. The summed E-state index contributed by atoms with van der Waals surface area (Å²) in [4.78, 5) is 28.3. The summed E-state index contributed by atoms with van der Waals surface area (Å²) in [5, 5.41) is 0.412. The minimum Gasteiger partial charge on any atom is -0.495 e. The highest BCUT2D eigenvalue weighted by Crippen LogP contribution is 2.26. The molecule has 1 N–H and O–H groups in total. The second-order valence-electron chi connectivity index (χ2n) is 5.17. The molecule has 1 aromatic carbocycles. The molecule has 1 aliphatic rings. The standard InChI is InChI=1S/C16H15ClN2O3/c1-22-14-3-2-11(6-13(14)17)16(21)19-5-4-10-7-15(20)18-8-12(10)9-19/h2-3,6-8H,4-5,9H2,1H3,(H,18,20). The first-order chi connectivity index (χ1) is 10.6. The van der Waals surface area contributed by atoms with E-state index in [1.165, 1.54) is 7.11 Å². The molecule has 6 heteroatoms. The van der Waals surface area contributed by atoms with Crippen molar-refractivity contribution in [2.75, 3.05) is 13.7 Å². The summed E-state index contributed by atoms with van der Waals surface area (Å²) in [6.07, 6.45) is 2.35. The highest BCUT2D eigenvalue weighted by atomic mass is 35.5. The Morgan fingerprint density at radius 2 is 2.14 bits per heavy atom. The van der Waals surface area contributed by atoms with Crippen LogP contribution in [0.3, 0.4) is 0 Å². The van der Waals surface area contributed by atoms with Crippen LogP contribution in [0.5, 0.6) is 5.75 Å². The molecule has 22 heavy (non-hydrogen) atoms. The van der Waals surface area contributed by atoms with E-state index >= 15 is 0 Å². The van der Waals surface area contributed by atoms with E-state index in [0.717, 1.165) is 11.1 Å². The largest absolute Gasteiger partial charge is 0.495 e. The summed E-state index contributed by atoms with van der Waals surface area (Å²) in [7, 11) is 1.53. The van der Waals surface area contributed by atoms with E-state index < -0.39 is 0 Å². The molecule has 1 aliphatic heterocycles. The number of carbonyl (C=O) groups is 1. The van der Waals surface area contributed by atoms with Gasteiger partial charge in [0.2, 0.25) is 5.56 Å². The van der Waals surface area contributed by atoms with E-state index in [-0.39, 0.29) is 11.5 Å². The first-order valence-corrected chi connectivity index (χ1v) is 7.29. The van der Waals surface area contributed by atoms with E-state index in [4.69, 9.17) is 16.3 Å². The Kier molecular flexibility index (Phi) is 3.90. The fraction of sp³-hybridized carbons (Fsp3) is 0.250. The van der Waals surface area contributed by atoms with Gasteiger partial charge in [0, 0.05) is 30.9 Å². The Morgan fingerprint density at radius 1 is 1.32 bits per heavy atom. The third kappa shape index (κ3) is 2.72. The van der Waals surface area contributed by atoms with Crippen molar-refractivity contribution in [2.45, 2.75) is 13.0 Å². The molecule has 114 valence electrons. The first kappa shape index (κ1) is 14.7. The Balaban J connectivity index is 1.83. The smallest absolute Gasteiger partial charge is 0.254 e. The minimum atomic E-state index is -0.111. The lowest BCUT2D eigenvalue weighted by Gasteiger charge is -2.28. The van der Waals surface area contributed by atoms with Crippen molar-refractivity contribution in [3.05, 3.63) is 62.5 Å². The van der Waals surface area contributed by atoms with Crippen LogP contribution in [0, 0.1) is 0 Å². The van der Waals surface area contributed by atoms with Crippen LogP contribution < -0.4 is 10.3 Å². The van der Waals surface area contributed by atoms with Gasteiger partial charge in [0.05, 0.1) is 12.1 Å². The Morgan fingerprint density at radius 3 is 2.86 bits per heavy atom. The number of aromatic amines is 1. The number of nitrogens with one attached hydrogen (secondary N) is 1. The van der Waals surface area contributed by atoms with Crippen molar-refractivity contribution < 1.29 is 9.53 Å². The average Bonchev–Trinajstić information content (AvgIpc) is 2.53. The number of aromatic nitrogens is 1. The summed E-state index contributed by atoms with van der Waals surface area (Å²) in [6.45, 7) is 1.06. The number of carbonyl (C=O) groups excluding carboxylic acids is 1. The number of nitrogens with zero attached hydrogens (tertiary/aromatic N) is 1. The van der Waals surface area contributed by atoms with Gasteiger partial charge < -0.3 is 14.6 Å². The summed E-state index contributed by atoms with van der Waals surface area (Å²) < 4.78 is 5.09. The number of methoxy groups -OCH3 is 1. The van der Waals surface area contributed by atoms with Gasteiger partial charge >= 0.3 is 0 Å². The quantitative estimate of drug-likeness (QED) is 0.923. The van der Waals surface area contributed by atoms with Crippen molar-refractivity contribution in [1.82, 2.24) is 9.88 Å². The predicted molar refractivity (Wildman–Crippen MR) is 83.5 cm³/mol. The molecule has 0 atom stereocenters. The number of ether oxygens (including phenoxy) is 1. The highest BCUT2D eigenvalue weighted by Gasteiger charge is 2.22. The second-order valence-corrected chi connectivity index (χ2v) is 5.58. The van der Waals surface area contributed by atoms with Crippen LogP contribution >= 0.6 is 11.6 Å². The maximum Gasteiger partial charge on any atom is 0.254 e. The summed E-state index contributed by atoms with van der Waals surface area (Å²) >= 11 is 6.08. The van der Waals surface area contributed by atoms with Crippen LogP contribution in [0.2, 0.25) is 5.02 Å². The molecular formula is C16H15ClN2O3. The first-order valence-electron chi connectivity index (χ1n) is 6.92. The number of amides is 1. The molecule has 1 amide bonds. The van der Waals surface area contributed by atoms with E-state index in [0.29, 0.717) is 35.8 Å². The number of fused-ring (bicyclic) bond motifs is 1. The SMILES string of the molecule is COc1ccc(C(=O)N2CCc3cc(=O)[nH]cc3C2)cc1Cl. The lowest BCUT2D eigenvalue weighted by molar-refractivity contribution is 0.0734. The van der Waals surface area contributed by atoms with Crippen molar-refractivity contribution in [3.63, 3.8) is 0 Å². The Hall–Kier alpha value is -2.27. The normalized spacial score (nSPS) is 13.6. The summed E-state index contributed by atoms with van der Waals surface area (Å²) in [5.74, 6) is 0.459. The number of pyridine rings is 1. The van der Waals surface area contributed by atoms with Gasteiger partial charge in [0.1, 0.15) is 5.75 Å². The fourth-order valence-corrected chi connectivity index (χ4v) is 2.88. The van der Waals surface area contributed by atoms with Crippen LogP contribution in [0.1, 0.15) is 21.5 Å². The summed E-state index contributed by atoms with van der Waals surface area (Å²) in [5.41, 5.74) is 2.39. The van der Waals surface area contributed by atoms with Gasteiger partial charge in [-0.3, -0.25) is 9.59 Å². The number of benzene rings is 1. The molecule has 0 fully saturated rings. The minimum absolute atomic E-state index is 0.0820. The van der Waals surface area contributed by atoms with E-state index in [1.54, 1.807) is 35.4 Å². The molecule has 2 heterocycles. The van der Waals surface area contributed by atoms with Gasteiger partial charge in [-0.25, -0.2) is 0 Å². The van der Waals surface area contributed by atoms with Crippen molar-refractivity contribution >= 4 is 17.5 Å². The third-order valence-corrected chi connectivity index (χ3v) is 4.10. The molecule has 3 rings (SSSR count). The van der Waals surface area contributed by atoms with Gasteiger partial charge in [-0.05, 0) is 35.7 Å².